The van der Waals surface area contributed by atoms with Gasteiger partial charge in [0.2, 0.25) is 5.91 Å². The van der Waals surface area contributed by atoms with E-state index in [2.05, 4.69) is 30.1 Å². The van der Waals surface area contributed by atoms with Crippen molar-refractivity contribution in [3.63, 3.8) is 0 Å². The van der Waals surface area contributed by atoms with Crippen LogP contribution in [0, 0.1) is 0 Å². The number of morpholine rings is 1. The molecule has 0 aromatic heterocycles. The normalized spacial score (nSPS) is 26.4. The van der Waals surface area contributed by atoms with Crippen LogP contribution < -0.4 is 5.32 Å². The summed E-state index contributed by atoms with van der Waals surface area (Å²) in [5, 5.41) is 2.91. The molecule has 1 amide bonds. The SMILES string of the molecule is CCCN1C[C@@H](c2cccc3c2CC(=O)N3)OC[C@@H]1C. The van der Waals surface area contributed by atoms with E-state index in [-0.39, 0.29) is 12.0 Å². The lowest BCUT2D eigenvalue weighted by Gasteiger charge is -2.38. The van der Waals surface area contributed by atoms with Gasteiger partial charge in [-0.25, -0.2) is 0 Å². The quantitative estimate of drug-likeness (QED) is 0.920. The molecule has 0 saturated carbocycles. The number of nitrogens with zero attached hydrogens (tertiary/aromatic N) is 1. The van der Waals surface area contributed by atoms with Gasteiger partial charge in [-0.15, -0.1) is 0 Å². The molecule has 2 aliphatic heterocycles. The molecule has 1 fully saturated rings. The molecule has 1 N–H and O–H groups in total. The number of ether oxygens (including phenoxy) is 1. The van der Waals surface area contributed by atoms with Crippen LogP contribution in [0.25, 0.3) is 0 Å². The number of anilines is 1. The van der Waals surface area contributed by atoms with Gasteiger partial charge in [0.05, 0.1) is 19.1 Å². The number of rotatable bonds is 3. The third kappa shape index (κ3) is 2.45. The maximum Gasteiger partial charge on any atom is 0.228 e. The van der Waals surface area contributed by atoms with Gasteiger partial charge in [0.25, 0.3) is 0 Å². The molecule has 4 heteroatoms. The first kappa shape index (κ1) is 13.6. The Morgan fingerprint density at radius 2 is 2.30 bits per heavy atom. The number of carbonyl (C=O) groups excluding carboxylic acids is 1. The van der Waals surface area contributed by atoms with Gasteiger partial charge in [-0.1, -0.05) is 19.1 Å². The molecule has 108 valence electrons. The van der Waals surface area contributed by atoms with Crippen molar-refractivity contribution in [2.45, 2.75) is 38.8 Å². The molecule has 4 nitrogen and oxygen atoms in total. The lowest BCUT2D eigenvalue weighted by atomic mass is 9.98. The molecule has 0 bridgehead atoms. The van der Waals surface area contributed by atoms with Crippen LogP contribution in [0.3, 0.4) is 0 Å². The van der Waals surface area contributed by atoms with Crippen molar-refractivity contribution in [1.82, 2.24) is 4.90 Å². The molecule has 2 atom stereocenters. The van der Waals surface area contributed by atoms with Gasteiger partial charge in [-0.05, 0) is 37.1 Å². The van der Waals surface area contributed by atoms with E-state index in [4.69, 9.17) is 4.74 Å². The van der Waals surface area contributed by atoms with Gasteiger partial charge in [0.15, 0.2) is 0 Å². The predicted octanol–water partition coefficient (Wildman–Crippen LogP) is 2.35. The van der Waals surface area contributed by atoms with E-state index in [0.717, 1.165) is 37.4 Å². The number of fused-ring (bicyclic) bond motifs is 1. The maximum atomic E-state index is 11.6. The van der Waals surface area contributed by atoms with E-state index in [1.54, 1.807) is 0 Å². The Kier molecular flexibility index (Phi) is 3.76. The second kappa shape index (κ2) is 5.54. The molecule has 2 heterocycles. The van der Waals surface area contributed by atoms with Crippen LogP contribution >= 0.6 is 0 Å². The Balaban J connectivity index is 1.83. The maximum absolute atomic E-state index is 11.6. The van der Waals surface area contributed by atoms with Crippen molar-refractivity contribution in [2.75, 3.05) is 25.0 Å². The average Bonchev–Trinajstić information content (AvgIpc) is 2.81. The van der Waals surface area contributed by atoms with Crippen LogP contribution in [0.2, 0.25) is 0 Å². The summed E-state index contributed by atoms with van der Waals surface area (Å²) in [7, 11) is 0. The molecule has 0 spiro atoms. The van der Waals surface area contributed by atoms with Crippen molar-refractivity contribution < 1.29 is 9.53 Å². The Morgan fingerprint density at radius 3 is 3.10 bits per heavy atom. The van der Waals surface area contributed by atoms with Crippen molar-refractivity contribution in [1.29, 1.82) is 0 Å². The average molecular weight is 274 g/mol. The molecular weight excluding hydrogens is 252 g/mol. The molecule has 1 saturated heterocycles. The molecule has 0 radical (unpaired) electrons. The van der Waals surface area contributed by atoms with Crippen LogP contribution in [0.1, 0.15) is 37.5 Å². The molecule has 0 aliphatic carbocycles. The molecule has 2 aliphatic rings. The van der Waals surface area contributed by atoms with E-state index in [9.17, 15) is 4.79 Å². The van der Waals surface area contributed by atoms with Crippen LogP contribution in [0.5, 0.6) is 0 Å². The molecule has 1 aromatic rings. The minimum atomic E-state index is 0.0837. The van der Waals surface area contributed by atoms with E-state index in [1.807, 2.05) is 12.1 Å². The first-order valence-electron chi connectivity index (χ1n) is 7.46. The van der Waals surface area contributed by atoms with Crippen molar-refractivity contribution in [3.05, 3.63) is 29.3 Å². The highest BCUT2D eigenvalue weighted by molar-refractivity contribution is 5.99. The number of amides is 1. The fraction of sp³-hybridized carbons (Fsp3) is 0.562. The molecule has 20 heavy (non-hydrogen) atoms. The van der Waals surface area contributed by atoms with E-state index >= 15 is 0 Å². The fourth-order valence-corrected chi connectivity index (χ4v) is 3.17. The Hall–Kier alpha value is -1.39. The largest absolute Gasteiger partial charge is 0.371 e. The summed E-state index contributed by atoms with van der Waals surface area (Å²) in [6, 6.07) is 6.55. The zero-order valence-corrected chi connectivity index (χ0v) is 12.2. The van der Waals surface area contributed by atoms with Crippen LogP contribution in [0.4, 0.5) is 5.69 Å². The Labute approximate surface area is 120 Å². The Morgan fingerprint density at radius 1 is 1.45 bits per heavy atom. The van der Waals surface area contributed by atoms with E-state index in [0.29, 0.717) is 12.5 Å². The lowest BCUT2D eigenvalue weighted by Crippen LogP contribution is -2.45. The van der Waals surface area contributed by atoms with Gasteiger partial charge in [-0.3, -0.25) is 9.69 Å². The minimum absolute atomic E-state index is 0.0837. The summed E-state index contributed by atoms with van der Waals surface area (Å²) in [6.07, 6.45) is 1.72. The molecule has 1 aromatic carbocycles. The number of benzene rings is 1. The third-order valence-corrected chi connectivity index (χ3v) is 4.24. The lowest BCUT2D eigenvalue weighted by molar-refractivity contribution is -0.115. The summed E-state index contributed by atoms with van der Waals surface area (Å²) in [6.45, 7) is 7.20. The molecule has 0 unspecified atom stereocenters. The summed E-state index contributed by atoms with van der Waals surface area (Å²) in [4.78, 5) is 14.1. The third-order valence-electron chi connectivity index (χ3n) is 4.24. The zero-order valence-electron chi connectivity index (χ0n) is 12.2. The van der Waals surface area contributed by atoms with Gasteiger partial charge in [-0.2, -0.15) is 0 Å². The smallest absolute Gasteiger partial charge is 0.228 e. The minimum Gasteiger partial charge on any atom is -0.371 e. The van der Waals surface area contributed by atoms with Gasteiger partial charge in [0.1, 0.15) is 0 Å². The number of hydrogen-bond donors (Lipinski definition) is 1. The first-order valence-corrected chi connectivity index (χ1v) is 7.46. The topological polar surface area (TPSA) is 41.6 Å². The highest BCUT2D eigenvalue weighted by atomic mass is 16.5. The highest BCUT2D eigenvalue weighted by Gasteiger charge is 2.30. The number of nitrogens with one attached hydrogen (secondary N) is 1. The standard InChI is InChI=1S/C16H22N2O2/c1-3-7-18-9-15(20-10-11(18)2)12-5-4-6-14-13(12)8-16(19)17-14/h4-6,11,15H,3,7-10H2,1-2H3,(H,17,19)/t11-,15-/m0/s1. The van der Waals surface area contributed by atoms with Crippen molar-refractivity contribution in [3.8, 4) is 0 Å². The predicted molar refractivity (Wildman–Crippen MR) is 78.8 cm³/mol. The van der Waals surface area contributed by atoms with Crippen LogP contribution in [-0.2, 0) is 16.0 Å². The summed E-state index contributed by atoms with van der Waals surface area (Å²) in [5.74, 6) is 0.0852. The summed E-state index contributed by atoms with van der Waals surface area (Å²) >= 11 is 0. The first-order chi connectivity index (χ1) is 9.69. The van der Waals surface area contributed by atoms with E-state index < -0.39 is 0 Å². The van der Waals surface area contributed by atoms with Crippen molar-refractivity contribution >= 4 is 11.6 Å². The van der Waals surface area contributed by atoms with E-state index in [1.165, 1.54) is 5.56 Å². The van der Waals surface area contributed by atoms with Crippen LogP contribution in [0.15, 0.2) is 18.2 Å². The van der Waals surface area contributed by atoms with Crippen molar-refractivity contribution in [2.24, 2.45) is 0 Å². The number of carbonyl (C=O) groups is 1. The van der Waals surface area contributed by atoms with Gasteiger partial charge < -0.3 is 10.1 Å². The summed E-state index contributed by atoms with van der Waals surface area (Å²) < 4.78 is 6.03. The second-order valence-corrected chi connectivity index (χ2v) is 5.76. The Bertz CT molecular complexity index is 515. The summed E-state index contributed by atoms with van der Waals surface area (Å²) in [5.41, 5.74) is 3.25. The van der Waals surface area contributed by atoms with Crippen LogP contribution in [-0.4, -0.2) is 36.5 Å². The molecular formula is C16H22N2O2. The zero-order chi connectivity index (χ0) is 14.1. The highest BCUT2D eigenvalue weighted by Crippen LogP contribution is 2.34. The van der Waals surface area contributed by atoms with Gasteiger partial charge in [0, 0.05) is 18.3 Å². The number of hydrogen-bond acceptors (Lipinski definition) is 3. The monoisotopic (exact) mass is 274 g/mol. The van der Waals surface area contributed by atoms with Gasteiger partial charge >= 0.3 is 0 Å². The second-order valence-electron chi connectivity index (χ2n) is 5.76. The fourth-order valence-electron chi connectivity index (χ4n) is 3.17. The molecule has 3 rings (SSSR count).